The second kappa shape index (κ2) is 10.8. The van der Waals surface area contributed by atoms with Gasteiger partial charge in [0.2, 0.25) is 5.89 Å². The molecule has 1 aromatic carbocycles. The molecule has 4 aromatic rings. The van der Waals surface area contributed by atoms with Crippen molar-refractivity contribution in [1.29, 1.82) is 0 Å². The third kappa shape index (κ3) is 5.21. The normalized spacial score (nSPS) is 19.4. The van der Waals surface area contributed by atoms with Crippen molar-refractivity contribution in [2.45, 2.75) is 50.7 Å². The van der Waals surface area contributed by atoms with Crippen molar-refractivity contribution < 1.29 is 27.4 Å². The summed E-state index contributed by atoms with van der Waals surface area (Å²) >= 11 is 0. The fourth-order valence-corrected chi connectivity index (χ4v) is 5.02. The zero-order valence-electron chi connectivity index (χ0n) is 20.9. The largest absolute Gasteiger partial charge is 0.438 e. The monoisotopic (exact) mass is 527 g/mol. The molecule has 1 amide bonds. The van der Waals surface area contributed by atoms with Gasteiger partial charge in [0.05, 0.1) is 6.61 Å². The summed E-state index contributed by atoms with van der Waals surface area (Å²) in [5, 5.41) is 10.3. The van der Waals surface area contributed by atoms with E-state index in [0.29, 0.717) is 48.0 Å². The number of pyridine rings is 1. The lowest BCUT2D eigenvalue weighted by Crippen LogP contribution is -2.36. The quantitative estimate of drug-likeness (QED) is 0.349. The van der Waals surface area contributed by atoms with Gasteiger partial charge in [-0.05, 0) is 67.4 Å². The van der Waals surface area contributed by atoms with Gasteiger partial charge in [0.1, 0.15) is 29.2 Å². The number of amides is 1. The summed E-state index contributed by atoms with van der Waals surface area (Å²) in [5.74, 6) is -1.45. The molecule has 1 aliphatic carbocycles. The molecule has 3 aromatic heterocycles. The standard InChI is InChI=1S/C26H27F2N5O5/c1-13-22(33-38-32-13)25(35)31-23(14-3-6-16(27)7-4-14)26-30-20-9-15(5-8-21(20)37-26)19(12-36-2)18-10-17(28)11-29-24(18)34/h5,8-11,14,16,19,23H,3-4,6-7,12H2,1-2H3,(H,29,34)(H,31,35). The van der Waals surface area contributed by atoms with Gasteiger partial charge in [-0.25, -0.2) is 18.4 Å². The molecular formula is C26H27F2N5O5. The topological polar surface area (TPSA) is 136 Å². The van der Waals surface area contributed by atoms with Gasteiger partial charge < -0.3 is 19.5 Å². The summed E-state index contributed by atoms with van der Waals surface area (Å²) in [6.45, 7) is 1.74. The van der Waals surface area contributed by atoms with Gasteiger partial charge in [0.25, 0.3) is 11.5 Å². The Hall–Kier alpha value is -3.93. The number of oxazole rings is 1. The van der Waals surface area contributed by atoms with Crippen LogP contribution in [0.3, 0.4) is 0 Å². The van der Waals surface area contributed by atoms with Gasteiger partial charge in [-0.15, -0.1) is 0 Å². The molecular weight excluding hydrogens is 500 g/mol. The van der Waals surface area contributed by atoms with Crippen LogP contribution in [0.1, 0.15) is 70.8 Å². The molecule has 1 saturated carbocycles. The van der Waals surface area contributed by atoms with Crippen molar-refractivity contribution in [2.24, 2.45) is 5.92 Å². The van der Waals surface area contributed by atoms with Crippen molar-refractivity contribution in [2.75, 3.05) is 13.7 Å². The number of aromatic nitrogens is 4. The number of rotatable bonds is 8. The van der Waals surface area contributed by atoms with Crippen molar-refractivity contribution in [1.82, 2.24) is 25.6 Å². The number of ether oxygens (including phenoxy) is 1. The van der Waals surface area contributed by atoms with Crippen LogP contribution in [0.4, 0.5) is 8.78 Å². The van der Waals surface area contributed by atoms with E-state index in [9.17, 15) is 18.4 Å². The number of aryl methyl sites for hydroxylation is 1. The lowest BCUT2D eigenvalue weighted by molar-refractivity contribution is 0.0876. The molecule has 38 heavy (non-hydrogen) atoms. The van der Waals surface area contributed by atoms with Crippen LogP contribution in [0, 0.1) is 18.7 Å². The minimum atomic E-state index is -0.875. The van der Waals surface area contributed by atoms with Crippen molar-refractivity contribution in [3.8, 4) is 0 Å². The Labute approximate surface area is 215 Å². The zero-order valence-corrected chi connectivity index (χ0v) is 20.9. The third-order valence-corrected chi connectivity index (χ3v) is 7.03. The van der Waals surface area contributed by atoms with Crippen LogP contribution < -0.4 is 10.9 Å². The Morgan fingerprint density at radius 2 is 2.03 bits per heavy atom. The molecule has 0 bridgehead atoms. The Morgan fingerprint density at radius 3 is 2.74 bits per heavy atom. The number of aromatic amines is 1. The Kier molecular flexibility index (Phi) is 7.32. The highest BCUT2D eigenvalue weighted by Crippen LogP contribution is 2.37. The lowest BCUT2D eigenvalue weighted by Gasteiger charge is -2.30. The van der Waals surface area contributed by atoms with E-state index in [0.717, 1.165) is 6.20 Å². The molecule has 0 radical (unpaired) electrons. The summed E-state index contributed by atoms with van der Waals surface area (Å²) in [7, 11) is 1.50. The zero-order chi connectivity index (χ0) is 26.8. The number of halogens is 2. The molecule has 2 unspecified atom stereocenters. The van der Waals surface area contributed by atoms with Gasteiger partial charge in [0, 0.05) is 24.8 Å². The molecule has 0 spiro atoms. The first kappa shape index (κ1) is 25.7. The summed E-state index contributed by atoms with van der Waals surface area (Å²) in [6, 6.07) is 5.77. The maximum Gasteiger partial charge on any atom is 0.276 e. The maximum absolute atomic E-state index is 13.9. The Bertz CT molecular complexity index is 1490. The Morgan fingerprint density at radius 1 is 1.24 bits per heavy atom. The molecule has 200 valence electrons. The van der Waals surface area contributed by atoms with Crippen LogP contribution in [0.15, 0.2) is 44.3 Å². The van der Waals surface area contributed by atoms with Gasteiger partial charge in [-0.3, -0.25) is 9.59 Å². The van der Waals surface area contributed by atoms with Crippen LogP contribution in [0.2, 0.25) is 0 Å². The fourth-order valence-electron chi connectivity index (χ4n) is 5.02. The fraction of sp³-hybridized carbons (Fsp3) is 0.423. The molecule has 1 aliphatic rings. The minimum absolute atomic E-state index is 0.0512. The second-order valence-electron chi connectivity index (χ2n) is 9.55. The highest BCUT2D eigenvalue weighted by Gasteiger charge is 2.34. The number of fused-ring (bicyclic) bond motifs is 1. The highest BCUT2D eigenvalue weighted by molar-refractivity contribution is 5.93. The predicted molar refractivity (Wildman–Crippen MR) is 131 cm³/mol. The van der Waals surface area contributed by atoms with Crippen LogP contribution in [0.5, 0.6) is 0 Å². The van der Waals surface area contributed by atoms with E-state index < -0.39 is 35.4 Å². The number of H-pyrrole nitrogens is 1. The summed E-state index contributed by atoms with van der Waals surface area (Å²) < 4.78 is 43.9. The number of nitrogens with one attached hydrogen (secondary N) is 2. The van der Waals surface area contributed by atoms with E-state index in [-0.39, 0.29) is 29.7 Å². The number of hydrogen-bond acceptors (Lipinski definition) is 8. The molecule has 5 rings (SSSR count). The van der Waals surface area contributed by atoms with E-state index >= 15 is 0 Å². The molecule has 10 nitrogen and oxygen atoms in total. The number of carbonyl (C=O) groups excluding carboxylic acids is 1. The molecule has 2 N–H and O–H groups in total. The predicted octanol–water partition coefficient (Wildman–Crippen LogP) is 4.12. The van der Waals surface area contributed by atoms with E-state index in [2.05, 4.69) is 30.2 Å². The molecule has 0 saturated heterocycles. The van der Waals surface area contributed by atoms with Crippen molar-refractivity contribution in [3.63, 3.8) is 0 Å². The average Bonchev–Trinajstić information content (AvgIpc) is 3.53. The minimum Gasteiger partial charge on any atom is -0.438 e. The van der Waals surface area contributed by atoms with Crippen LogP contribution in [0.25, 0.3) is 11.1 Å². The number of alkyl halides is 1. The highest BCUT2D eigenvalue weighted by atomic mass is 19.1. The maximum atomic E-state index is 13.9. The first-order valence-corrected chi connectivity index (χ1v) is 12.4. The summed E-state index contributed by atoms with van der Waals surface area (Å²) in [6.07, 6.45) is 1.98. The molecule has 1 fully saturated rings. The third-order valence-electron chi connectivity index (χ3n) is 7.03. The van der Waals surface area contributed by atoms with Crippen LogP contribution in [-0.4, -0.2) is 46.1 Å². The summed E-state index contributed by atoms with van der Waals surface area (Å²) in [4.78, 5) is 32.5. The van der Waals surface area contributed by atoms with Gasteiger partial charge in [-0.2, -0.15) is 0 Å². The molecule has 3 heterocycles. The van der Waals surface area contributed by atoms with Gasteiger partial charge in [0.15, 0.2) is 11.3 Å². The van der Waals surface area contributed by atoms with Gasteiger partial charge >= 0.3 is 0 Å². The number of nitrogens with zero attached hydrogens (tertiary/aromatic N) is 3. The SMILES string of the molecule is COCC(c1ccc2oc(C(NC(=O)c3nonc3C)C3CCC(F)CC3)nc2c1)c1cc(F)c[nH]c1=O. The first-order valence-electron chi connectivity index (χ1n) is 12.4. The number of hydrogen-bond donors (Lipinski definition) is 2. The van der Waals surface area contributed by atoms with Gasteiger partial charge in [-0.1, -0.05) is 11.2 Å². The molecule has 12 heteroatoms. The van der Waals surface area contributed by atoms with E-state index in [1.54, 1.807) is 25.1 Å². The average molecular weight is 528 g/mol. The van der Waals surface area contributed by atoms with Crippen LogP contribution >= 0.6 is 0 Å². The smallest absolute Gasteiger partial charge is 0.276 e. The van der Waals surface area contributed by atoms with E-state index in [1.165, 1.54) is 13.2 Å². The second-order valence-corrected chi connectivity index (χ2v) is 9.55. The number of methoxy groups -OCH3 is 1. The number of benzene rings is 1. The molecule has 2 atom stereocenters. The van der Waals surface area contributed by atoms with Crippen molar-refractivity contribution in [3.05, 3.63) is 75.0 Å². The summed E-state index contributed by atoms with van der Waals surface area (Å²) in [5.41, 5.74) is 1.83. The first-order chi connectivity index (χ1) is 18.3. The van der Waals surface area contributed by atoms with E-state index in [4.69, 9.17) is 9.15 Å². The lowest BCUT2D eigenvalue weighted by atomic mass is 9.83. The van der Waals surface area contributed by atoms with Crippen molar-refractivity contribution >= 4 is 17.0 Å². The number of carbonyl (C=O) groups is 1. The van der Waals surface area contributed by atoms with E-state index in [1.807, 2.05) is 0 Å². The Balaban J connectivity index is 1.50. The molecule has 0 aliphatic heterocycles. The van der Waals surface area contributed by atoms with Crippen LogP contribution in [-0.2, 0) is 4.74 Å².